The van der Waals surface area contributed by atoms with Crippen LogP contribution < -0.4 is 5.43 Å². The van der Waals surface area contributed by atoms with Crippen LogP contribution in [0.25, 0.3) is 22.0 Å². The summed E-state index contributed by atoms with van der Waals surface area (Å²) in [6, 6.07) is 18.8. The Hall–Kier alpha value is -3.44. The predicted octanol–water partition coefficient (Wildman–Crippen LogP) is 4.65. The molecule has 0 unspecified atom stereocenters. The first-order chi connectivity index (χ1) is 13.2. The molecule has 4 rings (SSSR count). The molecule has 0 spiro atoms. The molecule has 5 nitrogen and oxygen atoms in total. The number of rotatable bonds is 4. The van der Waals surface area contributed by atoms with Crippen LogP contribution in [0.15, 0.2) is 78.2 Å². The number of pyridine rings is 1. The first-order valence-corrected chi connectivity index (χ1v) is 8.70. The number of nitrogens with one attached hydrogen (secondary N) is 2. The van der Waals surface area contributed by atoms with Crippen LogP contribution >= 0.6 is 11.6 Å². The van der Waals surface area contributed by atoms with Gasteiger partial charge in [-0.1, -0.05) is 48.0 Å². The van der Waals surface area contributed by atoms with E-state index in [1.165, 1.54) is 0 Å². The number of hydrazone groups is 1. The fourth-order valence-corrected chi connectivity index (χ4v) is 3.12. The molecule has 0 aliphatic heterocycles. The lowest BCUT2D eigenvalue weighted by atomic mass is 10.0. The lowest BCUT2D eigenvalue weighted by Crippen LogP contribution is -2.18. The third-order valence-corrected chi connectivity index (χ3v) is 4.35. The van der Waals surface area contributed by atoms with Crippen molar-refractivity contribution in [2.24, 2.45) is 5.10 Å². The zero-order valence-corrected chi connectivity index (χ0v) is 14.9. The fraction of sp³-hybridized carbons (Fsp3) is 0. The van der Waals surface area contributed by atoms with E-state index in [0.717, 1.165) is 27.6 Å². The fourth-order valence-electron chi connectivity index (χ4n) is 2.93. The van der Waals surface area contributed by atoms with E-state index in [1.807, 2.05) is 48.5 Å². The van der Waals surface area contributed by atoms with Gasteiger partial charge < -0.3 is 4.98 Å². The molecule has 2 N–H and O–H groups in total. The number of amides is 1. The second kappa shape index (κ2) is 7.43. The Labute approximate surface area is 160 Å². The molecule has 0 saturated heterocycles. The summed E-state index contributed by atoms with van der Waals surface area (Å²) in [7, 11) is 0. The maximum Gasteiger partial charge on any atom is 0.288 e. The highest BCUT2D eigenvalue weighted by atomic mass is 35.5. The molecule has 0 aliphatic rings. The molecule has 0 fully saturated rings. The van der Waals surface area contributed by atoms with Crippen molar-refractivity contribution in [3.05, 3.63) is 89.3 Å². The van der Waals surface area contributed by atoms with Crippen molar-refractivity contribution in [3.63, 3.8) is 0 Å². The van der Waals surface area contributed by atoms with E-state index >= 15 is 0 Å². The standard InChI is InChI=1S/C21H15ClN4O/c22-16-7-3-6-15(11-16)19-17-8-1-2-9-18(17)25-20(19)21(27)26-24-13-14-5-4-10-23-12-14/h1-13,25H,(H,26,27). The number of carbonyl (C=O) groups excluding carboxylic acids is 1. The maximum absolute atomic E-state index is 12.8. The number of aromatic nitrogens is 2. The molecule has 0 bridgehead atoms. The van der Waals surface area contributed by atoms with E-state index in [-0.39, 0.29) is 5.91 Å². The van der Waals surface area contributed by atoms with Crippen LogP contribution in [0.2, 0.25) is 5.02 Å². The Morgan fingerprint density at radius 1 is 1.11 bits per heavy atom. The summed E-state index contributed by atoms with van der Waals surface area (Å²) in [4.78, 5) is 20.0. The Bertz CT molecular complexity index is 1140. The predicted molar refractivity (Wildman–Crippen MR) is 108 cm³/mol. The molecule has 2 aromatic carbocycles. The van der Waals surface area contributed by atoms with Gasteiger partial charge in [0.2, 0.25) is 0 Å². The topological polar surface area (TPSA) is 70.1 Å². The summed E-state index contributed by atoms with van der Waals surface area (Å²) >= 11 is 6.16. The zero-order valence-electron chi connectivity index (χ0n) is 14.2. The van der Waals surface area contributed by atoms with Crippen LogP contribution in [-0.4, -0.2) is 22.1 Å². The van der Waals surface area contributed by atoms with Gasteiger partial charge in [-0.15, -0.1) is 0 Å². The van der Waals surface area contributed by atoms with Crippen LogP contribution in [0.5, 0.6) is 0 Å². The van der Waals surface area contributed by atoms with E-state index in [9.17, 15) is 4.79 Å². The van der Waals surface area contributed by atoms with Crippen molar-refractivity contribution in [1.82, 2.24) is 15.4 Å². The number of benzene rings is 2. The number of nitrogens with zero attached hydrogens (tertiary/aromatic N) is 2. The van der Waals surface area contributed by atoms with E-state index < -0.39 is 0 Å². The van der Waals surface area contributed by atoms with E-state index in [1.54, 1.807) is 30.7 Å². The number of H-pyrrole nitrogens is 1. The molecule has 4 aromatic rings. The summed E-state index contributed by atoms with van der Waals surface area (Å²) in [5, 5.41) is 5.59. The van der Waals surface area contributed by atoms with E-state index in [2.05, 4.69) is 20.5 Å². The van der Waals surface area contributed by atoms with Crippen molar-refractivity contribution >= 4 is 34.6 Å². The van der Waals surface area contributed by atoms with E-state index in [4.69, 9.17) is 11.6 Å². The highest BCUT2D eigenvalue weighted by Gasteiger charge is 2.19. The SMILES string of the molecule is O=C(NN=Cc1cccnc1)c1[nH]c2ccccc2c1-c1cccc(Cl)c1. The number of fused-ring (bicyclic) bond motifs is 1. The monoisotopic (exact) mass is 374 g/mol. The number of para-hydroxylation sites is 1. The number of aromatic amines is 1. The van der Waals surface area contributed by atoms with Gasteiger partial charge >= 0.3 is 0 Å². The number of hydrogen-bond donors (Lipinski definition) is 2. The molecule has 27 heavy (non-hydrogen) atoms. The molecular formula is C21H15ClN4O. The molecule has 1 amide bonds. The average Bonchev–Trinajstić information content (AvgIpc) is 3.08. The van der Waals surface area contributed by atoms with Gasteiger partial charge in [-0.25, -0.2) is 5.43 Å². The van der Waals surface area contributed by atoms with Crippen LogP contribution in [0, 0.1) is 0 Å². The minimum absolute atomic E-state index is 0.332. The normalized spacial score (nSPS) is 11.1. The van der Waals surface area contributed by atoms with Crippen molar-refractivity contribution in [3.8, 4) is 11.1 Å². The molecule has 6 heteroatoms. The summed E-state index contributed by atoms with van der Waals surface area (Å²) < 4.78 is 0. The van der Waals surface area contributed by atoms with Gasteiger partial charge in [-0.2, -0.15) is 5.10 Å². The van der Waals surface area contributed by atoms with Crippen molar-refractivity contribution < 1.29 is 4.79 Å². The molecule has 0 radical (unpaired) electrons. The number of carbonyl (C=O) groups is 1. The smallest absolute Gasteiger partial charge is 0.288 e. The third kappa shape index (κ3) is 3.59. The Morgan fingerprint density at radius 2 is 2.00 bits per heavy atom. The molecular weight excluding hydrogens is 360 g/mol. The highest BCUT2D eigenvalue weighted by molar-refractivity contribution is 6.31. The molecule has 0 aliphatic carbocycles. The highest BCUT2D eigenvalue weighted by Crippen LogP contribution is 2.33. The quantitative estimate of drug-likeness (QED) is 0.403. The summed E-state index contributed by atoms with van der Waals surface area (Å²) in [6.07, 6.45) is 4.89. The lowest BCUT2D eigenvalue weighted by molar-refractivity contribution is 0.0951. The van der Waals surface area contributed by atoms with E-state index in [0.29, 0.717) is 10.7 Å². The van der Waals surface area contributed by atoms with Crippen LogP contribution in [-0.2, 0) is 0 Å². The lowest BCUT2D eigenvalue weighted by Gasteiger charge is -2.05. The summed E-state index contributed by atoms with van der Waals surface area (Å²) in [5.74, 6) is -0.332. The Balaban J connectivity index is 1.71. The van der Waals surface area contributed by atoms with Gasteiger partial charge in [0, 0.05) is 39.4 Å². The summed E-state index contributed by atoms with van der Waals surface area (Å²) in [6.45, 7) is 0. The second-order valence-electron chi connectivity index (χ2n) is 5.92. The molecule has 2 heterocycles. The van der Waals surface area contributed by atoms with Crippen molar-refractivity contribution in [1.29, 1.82) is 0 Å². The number of halogens is 1. The van der Waals surface area contributed by atoms with Gasteiger partial charge in [0.05, 0.1) is 6.21 Å². The third-order valence-electron chi connectivity index (χ3n) is 4.11. The summed E-state index contributed by atoms with van der Waals surface area (Å²) in [5.41, 5.74) is 6.33. The maximum atomic E-state index is 12.8. The van der Waals surface area contributed by atoms with Gasteiger partial charge in [-0.05, 0) is 29.8 Å². The van der Waals surface area contributed by atoms with Crippen molar-refractivity contribution in [2.75, 3.05) is 0 Å². The van der Waals surface area contributed by atoms with Gasteiger partial charge in [0.15, 0.2) is 0 Å². The second-order valence-corrected chi connectivity index (χ2v) is 6.35. The zero-order chi connectivity index (χ0) is 18.6. The molecule has 2 aromatic heterocycles. The van der Waals surface area contributed by atoms with Crippen LogP contribution in [0.4, 0.5) is 0 Å². The Kier molecular flexibility index (Phi) is 4.68. The molecule has 132 valence electrons. The Morgan fingerprint density at radius 3 is 2.81 bits per heavy atom. The van der Waals surface area contributed by atoms with Gasteiger partial charge in [-0.3, -0.25) is 9.78 Å². The minimum Gasteiger partial charge on any atom is -0.350 e. The largest absolute Gasteiger partial charge is 0.350 e. The van der Waals surface area contributed by atoms with Gasteiger partial charge in [0.25, 0.3) is 5.91 Å². The first kappa shape index (κ1) is 17.0. The van der Waals surface area contributed by atoms with Crippen LogP contribution in [0.3, 0.4) is 0 Å². The van der Waals surface area contributed by atoms with Gasteiger partial charge in [0.1, 0.15) is 5.69 Å². The van der Waals surface area contributed by atoms with Crippen LogP contribution in [0.1, 0.15) is 16.1 Å². The molecule has 0 saturated carbocycles. The number of hydrogen-bond acceptors (Lipinski definition) is 3. The first-order valence-electron chi connectivity index (χ1n) is 8.32. The molecule has 0 atom stereocenters. The van der Waals surface area contributed by atoms with Crippen molar-refractivity contribution in [2.45, 2.75) is 0 Å². The minimum atomic E-state index is -0.332. The average molecular weight is 375 g/mol.